The molecule has 0 fully saturated rings. The van der Waals surface area contributed by atoms with Crippen molar-refractivity contribution in [2.24, 2.45) is 11.7 Å². The highest BCUT2D eigenvalue weighted by molar-refractivity contribution is 4.99. The Morgan fingerprint density at radius 1 is 1.67 bits per heavy atom. The van der Waals surface area contributed by atoms with Gasteiger partial charge < -0.3 is 5.73 Å². The Balaban J connectivity index is 3.45. The third-order valence-corrected chi connectivity index (χ3v) is 1.68. The molecule has 0 aromatic rings. The van der Waals surface area contributed by atoms with Gasteiger partial charge in [-0.15, -0.1) is 0 Å². The van der Waals surface area contributed by atoms with E-state index in [4.69, 9.17) is 5.73 Å². The third-order valence-electron chi connectivity index (χ3n) is 1.68. The van der Waals surface area contributed by atoms with Gasteiger partial charge in [0.15, 0.2) is 0 Å². The summed E-state index contributed by atoms with van der Waals surface area (Å²) < 4.78 is 0. The third kappa shape index (κ3) is 3.31. The van der Waals surface area contributed by atoms with Gasteiger partial charge in [0.2, 0.25) is 0 Å². The standard InChI is InChI=1S/C8H17N/c1-4-5-7(2)8(3)6-9/h7H,3-6,9H2,1-2H3. The Morgan fingerprint density at radius 2 is 2.22 bits per heavy atom. The zero-order chi connectivity index (χ0) is 7.28. The first kappa shape index (κ1) is 8.70. The molecule has 0 saturated carbocycles. The van der Waals surface area contributed by atoms with Crippen LogP contribution in [0.1, 0.15) is 26.7 Å². The van der Waals surface area contributed by atoms with Crippen LogP contribution in [0.4, 0.5) is 0 Å². The van der Waals surface area contributed by atoms with Gasteiger partial charge in [0.25, 0.3) is 0 Å². The van der Waals surface area contributed by atoms with Crippen molar-refractivity contribution in [1.82, 2.24) is 0 Å². The molecule has 0 spiro atoms. The first-order valence-electron chi connectivity index (χ1n) is 3.60. The second-order valence-electron chi connectivity index (χ2n) is 2.55. The number of hydrogen-bond donors (Lipinski definition) is 1. The summed E-state index contributed by atoms with van der Waals surface area (Å²) in [5.74, 6) is 0.611. The molecule has 0 saturated heterocycles. The van der Waals surface area contributed by atoms with Gasteiger partial charge in [-0.05, 0) is 12.3 Å². The van der Waals surface area contributed by atoms with Gasteiger partial charge in [-0.2, -0.15) is 0 Å². The largest absolute Gasteiger partial charge is 0.327 e. The van der Waals surface area contributed by atoms with E-state index in [0.717, 1.165) is 0 Å². The lowest BCUT2D eigenvalue weighted by Gasteiger charge is -2.10. The molecule has 54 valence electrons. The topological polar surface area (TPSA) is 26.0 Å². The summed E-state index contributed by atoms with van der Waals surface area (Å²) in [4.78, 5) is 0. The molecule has 2 N–H and O–H groups in total. The Bertz CT molecular complexity index is 86.6. The van der Waals surface area contributed by atoms with E-state index in [1.807, 2.05) is 0 Å². The van der Waals surface area contributed by atoms with Gasteiger partial charge in [-0.1, -0.05) is 32.4 Å². The highest BCUT2D eigenvalue weighted by Crippen LogP contribution is 2.12. The minimum absolute atomic E-state index is 0.611. The SMILES string of the molecule is C=C(CN)C(C)CCC. The highest BCUT2D eigenvalue weighted by Gasteiger charge is 2.01. The van der Waals surface area contributed by atoms with Crippen LogP contribution in [-0.2, 0) is 0 Å². The molecule has 0 radical (unpaired) electrons. The van der Waals surface area contributed by atoms with Gasteiger partial charge in [-0.3, -0.25) is 0 Å². The zero-order valence-corrected chi connectivity index (χ0v) is 6.48. The fourth-order valence-corrected chi connectivity index (χ4v) is 0.838. The van der Waals surface area contributed by atoms with Crippen molar-refractivity contribution >= 4 is 0 Å². The summed E-state index contributed by atoms with van der Waals surface area (Å²) in [5, 5.41) is 0. The Morgan fingerprint density at radius 3 is 2.56 bits per heavy atom. The second-order valence-corrected chi connectivity index (χ2v) is 2.55. The Kier molecular flexibility index (Phi) is 4.41. The molecule has 0 aliphatic carbocycles. The van der Waals surface area contributed by atoms with Crippen LogP contribution >= 0.6 is 0 Å². The van der Waals surface area contributed by atoms with E-state index < -0.39 is 0 Å². The van der Waals surface area contributed by atoms with E-state index in [0.29, 0.717) is 12.5 Å². The fourth-order valence-electron chi connectivity index (χ4n) is 0.838. The number of rotatable bonds is 4. The van der Waals surface area contributed by atoms with E-state index in [1.54, 1.807) is 0 Å². The molecule has 9 heavy (non-hydrogen) atoms. The van der Waals surface area contributed by atoms with E-state index in [9.17, 15) is 0 Å². The number of hydrogen-bond acceptors (Lipinski definition) is 1. The lowest BCUT2D eigenvalue weighted by atomic mass is 9.98. The summed E-state index contributed by atoms with van der Waals surface area (Å²) in [6.45, 7) is 8.87. The summed E-state index contributed by atoms with van der Waals surface area (Å²) in [7, 11) is 0. The molecule has 0 aromatic carbocycles. The minimum Gasteiger partial charge on any atom is -0.327 e. The van der Waals surface area contributed by atoms with Crippen LogP contribution in [0.2, 0.25) is 0 Å². The lowest BCUT2D eigenvalue weighted by Crippen LogP contribution is -2.09. The molecule has 1 nitrogen and oxygen atoms in total. The van der Waals surface area contributed by atoms with Gasteiger partial charge >= 0.3 is 0 Å². The van der Waals surface area contributed by atoms with Crippen LogP contribution in [0.5, 0.6) is 0 Å². The smallest absolute Gasteiger partial charge is 0.0136 e. The van der Waals surface area contributed by atoms with Crippen molar-refractivity contribution in [2.45, 2.75) is 26.7 Å². The molecule has 0 aromatic heterocycles. The average molecular weight is 127 g/mol. The van der Waals surface area contributed by atoms with Gasteiger partial charge in [0, 0.05) is 6.54 Å². The number of nitrogens with two attached hydrogens (primary N) is 1. The van der Waals surface area contributed by atoms with Crippen LogP contribution < -0.4 is 5.73 Å². The van der Waals surface area contributed by atoms with Gasteiger partial charge in [0.1, 0.15) is 0 Å². The second kappa shape index (κ2) is 4.57. The van der Waals surface area contributed by atoms with E-state index >= 15 is 0 Å². The monoisotopic (exact) mass is 127 g/mol. The molecule has 1 heteroatoms. The molecule has 1 unspecified atom stereocenters. The molecular formula is C8H17N. The van der Waals surface area contributed by atoms with E-state index in [2.05, 4.69) is 20.4 Å². The van der Waals surface area contributed by atoms with Crippen molar-refractivity contribution in [2.75, 3.05) is 6.54 Å². The molecule has 0 heterocycles. The molecule has 0 aliphatic heterocycles. The highest BCUT2D eigenvalue weighted by atomic mass is 14.5. The molecule has 0 amide bonds. The maximum Gasteiger partial charge on any atom is 0.0136 e. The van der Waals surface area contributed by atoms with Crippen LogP contribution in [-0.4, -0.2) is 6.54 Å². The van der Waals surface area contributed by atoms with Crippen molar-refractivity contribution in [1.29, 1.82) is 0 Å². The van der Waals surface area contributed by atoms with Gasteiger partial charge in [0.05, 0.1) is 0 Å². The van der Waals surface area contributed by atoms with Crippen LogP contribution in [0.15, 0.2) is 12.2 Å². The van der Waals surface area contributed by atoms with Crippen molar-refractivity contribution < 1.29 is 0 Å². The maximum atomic E-state index is 5.40. The fraction of sp³-hybridized carbons (Fsp3) is 0.750. The molecule has 0 rings (SSSR count). The van der Waals surface area contributed by atoms with E-state index in [-0.39, 0.29) is 0 Å². The predicted octanol–water partition coefficient (Wildman–Crippen LogP) is 1.94. The zero-order valence-electron chi connectivity index (χ0n) is 6.48. The lowest BCUT2D eigenvalue weighted by molar-refractivity contribution is 0.594. The first-order valence-corrected chi connectivity index (χ1v) is 3.60. The van der Waals surface area contributed by atoms with Gasteiger partial charge in [-0.25, -0.2) is 0 Å². The predicted molar refractivity (Wildman–Crippen MR) is 42.3 cm³/mol. The normalized spacial score (nSPS) is 13.2. The summed E-state index contributed by atoms with van der Waals surface area (Å²) in [6.07, 6.45) is 2.44. The maximum absolute atomic E-state index is 5.40. The van der Waals surface area contributed by atoms with Crippen molar-refractivity contribution in [3.8, 4) is 0 Å². The summed E-state index contributed by atoms with van der Waals surface area (Å²) in [6, 6.07) is 0. The molecule has 1 atom stereocenters. The first-order chi connectivity index (χ1) is 4.22. The molecule has 0 bridgehead atoms. The quantitative estimate of drug-likeness (QED) is 0.574. The molecule has 0 aliphatic rings. The van der Waals surface area contributed by atoms with Crippen LogP contribution in [0.25, 0.3) is 0 Å². The Labute approximate surface area is 57.9 Å². The van der Waals surface area contributed by atoms with Crippen molar-refractivity contribution in [3.05, 3.63) is 12.2 Å². The minimum atomic E-state index is 0.611. The van der Waals surface area contributed by atoms with Crippen molar-refractivity contribution in [3.63, 3.8) is 0 Å². The average Bonchev–Trinajstić information content (AvgIpc) is 1.87. The summed E-state index contributed by atoms with van der Waals surface area (Å²) in [5.41, 5.74) is 6.58. The summed E-state index contributed by atoms with van der Waals surface area (Å²) >= 11 is 0. The van der Waals surface area contributed by atoms with E-state index in [1.165, 1.54) is 18.4 Å². The van der Waals surface area contributed by atoms with Crippen LogP contribution in [0, 0.1) is 5.92 Å². The van der Waals surface area contributed by atoms with Crippen LogP contribution in [0.3, 0.4) is 0 Å². The molecular weight excluding hydrogens is 110 g/mol. The Hall–Kier alpha value is -0.300.